The lowest BCUT2D eigenvalue weighted by Crippen LogP contribution is -2.04. The maximum Gasteiger partial charge on any atom is 0.345 e. The third-order valence-electron chi connectivity index (χ3n) is 3.88. The van der Waals surface area contributed by atoms with Gasteiger partial charge < -0.3 is 19.9 Å². The summed E-state index contributed by atoms with van der Waals surface area (Å²) >= 11 is 1.24. The molecule has 0 spiro atoms. The first kappa shape index (κ1) is 16.8. The largest absolute Gasteiger partial charge is 0.872 e. The molecule has 0 saturated carbocycles. The van der Waals surface area contributed by atoms with Crippen molar-refractivity contribution in [3.8, 4) is 17.0 Å². The summed E-state index contributed by atoms with van der Waals surface area (Å²) in [5.74, 6) is -1.86. The molecule has 0 amide bonds. The first-order valence-electron chi connectivity index (χ1n) is 7.81. The van der Waals surface area contributed by atoms with Crippen LogP contribution in [-0.4, -0.2) is 16.1 Å². The Morgan fingerprint density at radius 1 is 1.19 bits per heavy atom. The maximum absolute atomic E-state index is 12.2. The standard InChI is InChI=1S/C19H12N2O5S/c22-15-6-5-11(8-13(15)17(23)24)20-19-21-14(9-27-19)12-7-10-3-1-2-4-16(10)26-18(12)25/h1-9,22H,(H,20,21)(H,23,24)/p-1. The van der Waals surface area contributed by atoms with E-state index >= 15 is 0 Å². The van der Waals surface area contributed by atoms with Crippen LogP contribution in [0.4, 0.5) is 10.8 Å². The van der Waals surface area contributed by atoms with Crippen LogP contribution in [0.3, 0.4) is 0 Å². The molecule has 0 aliphatic heterocycles. The van der Waals surface area contributed by atoms with Crippen LogP contribution in [0.25, 0.3) is 22.2 Å². The molecule has 0 atom stereocenters. The summed E-state index contributed by atoms with van der Waals surface area (Å²) in [4.78, 5) is 27.7. The van der Waals surface area contributed by atoms with E-state index in [-0.39, 0.29) is 5.56 Å². The highest BCUT2D eigenvalue weighted by molar-refractivity contribution is 7.14. The second-order valence-corrected chi connectivity index (χ2v) is 6.52. The summed E-state index contributed by atoms with van der Waals surface area (Å²) in [7, 11) is 0. The number of nitrogens with zero attached hydrogens (tertiary/aromatic N) is 1. The number of aromatic nitrogens is 1. The van der Waals surface area contributed by atoms with Gasteiger partial charge in [0.15, 0.2) is 5.13 Å². The van der Waals surface area contributed by atoms with Crippen LogP contribution in [0.2, 0.25) is 0 Å². The van der Waals surface area contributed by atoms with Crippen LogP contribution < -0.4 is 16.0 Å². The van der Waals surface area contributed by atoms with Gasteiger partial charge in [0, 0.05) is 16.5 Å². The van der Waals surface area contributed by atoms with Gasteiger partial charge in [0.1, 0.15) is 5.58 Å². The number of para-hydroxylation sites is 1. The molecule has 27 heavy (non-hydrogen) atoms. The van der Waals surface area contributed by atoms with Crippen LogP contribution in [0, 0.1) is 0 Å². The van der Waals surface area contributed by atoms with E-state index in [0.29, 0.717) is 27.7 Å². The van der Waals surface area contributed by atoms with Gasteiger partial charge in [0.2, 0.25) is 0 Å². The molecule has 8 heteroatoms. The maximum atomic E-state index is 12.2. The quantitative estimate of drug-likeness (QED) is 0.522. The second kappa shape index (κ2) is 6.58. The van der Waals surface area contributed by atoms with Crippen molar-refractivity contribution in [3.05, 3.63) is 69.9 Å². The monoisotopic (exact) mass is 379 g/mol. The van der Waals surface area contributed by atoms with E-state index in [9.17, 15) is 14.7 Å². The molecular weight excluding hydrogens is 368 g/mol. The van der Waals surface area contributed by atoms with Crippen LogP contribution in [0.15, 0.2) is 63.1 Å². The Kier molecular flexibility index (Phi) is 4.09. The predicted molar refractivity (Wildman–Crippen MR) is 99.7 cm³/mol. The zero-order valence-corrected chi connectivity index (χ0v) is 14.4. The van der Waals surface area contributed by atoms with Gasteiger partial charge in [-0.15, -0.1) is 11.3 Å². The van der Waals surface area contributed by atoms with E-state index in [2.05, 4.69) is 10.3 Å². The third kappa shape index (κ3) is 3.25. The minimum atomic E-state index is -1.29. The number of nitrogens with one attached hydrogen (secondary N) is 1. The molecule has 0 aliphatic rings. The van der Waals surface area contributed by atoms with Crippen molar-refractivity contribution in [1.82, 2.24) is 4.98 Å². The van der Waals surface area contributed by atoms with Gasteiger partial charge in [-0.25, -0.2) is 14.6 Å². The van der Waals surface area contributed by atoms with Crippen molar-refractivity contribution >= 4 is 39.1 Å². The molecule has 2 aromatic heterocycles. The van der Waals surface area contributed by atoms with Crippen molar-refractivity contribution in [2.45, 2.75) is 0 Å². The van der Waals surface area contributed by atoms with Gasteiger partial charge in [-0.1, -0.05) is 30.0 Å². The molecule has 0 radical (unpaired) electrons. The van der Waals surface area contributed by atoms with Crippen molar-refractivity contribution in [1.29, 1.82) is 0 Å². The van der Waals surface area contributed by atoms with Crippen LogP contribution in [0.1, 0.15) is 10.4 Å². The number of carbonyl (C=O) groups is 1. The first-order chi connectivity index (χ1) is 13.0. The molecular formula is C19H11N2O5S-. The number of fused-ring (bicyclic) bond motifs is 1. The Balaban J connectivity index is 1.66. The average Bonchev–Trinajstić information content (AvgIpc) is 3.10. The zero-order chi connectivity index (χ0) is 19.0. The SMILES string of the molecule is O=C(O)c1cc(Nc2nc(-c3cc4ccccc4oc3=O)cs2)ccc1[O-]. The highest BCUT2D eigenvalue weighted by atomic mass is 32.1. The lowest BCUT2D eigenvalue weighted by Gasteiger charge is -2.11. The van der Waals surface area contributed by atoms with Gasteiger partial charge >= 0.3 is 11.6 Å². The average molecular weight is 379 g/mol. The summed E-state index contributed by atoms with van der Waals surface area (Å²) in [5.41, 5.74) is 0.874. The Morgan fingerprint density at radius 2 is 2.00 bits per heavy atom. The Bertz CT molecular complexity index is 1230. The Labute approximate surface area is 156 Å². The first-order valence-corrected chi connectivity index (χ1v) is 8.69. The summed E-state index contributed by atoms with van der Waals surface area (Å²) in [6.07, 6.45) is 0. The summed E-state index contributed by atoms with van der Waals surface area (Å²) in [6, 6.07) is 12.8. The van der Waals surface area contributed by atoms with Crippen molar-refractivity contribution in [2.75, 3.05) is 5.32 Å². The predicted octanol–water partition coefficient (Wildman–Crippen LogP) is 3.43. The van der Waals surface area contributed by atoms with Gasteiger partial charge in [-0.3, -0.25) is 0 Å². The number of hydrogen-bond acceptors (Lipinski definition) is 7. The van der Waals surface area contributed by atoms with Crippen LogP contribution in [0.5, 0.6) is 5.75 Å². The number of rotatable bonds is 4. The molecule has 7 nitrogen and oxygen atoms in total. The van der Waals surface area contributed by atoms with E-state index < -0.39 is 17.3 Å². The van der Waals surface area contributed by atoms with Crippen LogP contribution >= 0.6 is 11.3 Å². The molecule has 0 aliphatic carbocycles. The van der Waals surface area contributed by atoms with E-state index in [1.165, 1.54) is 29.5 Å². The molecule has 0 saturated heterocycles. The van der Waals surface area contributed by atoms with E-state index in [1.807, 2.05) is 12.1 Å². The molecule has 0 bridgehead atoms. The van der Waals surface area contributed by atoms with Crippen molar-refractivity contribution in [3.63, 3.8) is 0 Å². The fraction of sp³-hybridized carbons (Fsp3) is 0. The molecule has 2 N–H and O–H groups in total. The Morgan fingerprint density at radius 3 is 2.81 bits per heavy atom. The summed E-state index contributed by atoms with van der Waals surface area (Å²) in [6.45, 7) is 0. The topological polar surface area (TPSA) is 115 Å². The molecule has 4 rings (SSSR count). The third-order valence-corrected chi connectivity index (χ3v) is 4.64. The number of benzene rings is 2. The van der Waals surface area contributed by atoms with E-state index in [1.54, 1.807) is 23.6 Å². The smallest absolute Gasteiger partial charge is 0.345 e. The van der Waals surface area contributed by atoms with Gasteiger partial charge in [0.05, 0.1) is 16.8 Å². The van der Waals surface area contributed by atoms with Gasteiger partial charge in [-0.05, 0) is 24.3 Å². The summed E-state index contributed by atoms with van der Waals surface area (Å²) < 4.78 is 5.32. The number of anilines is 2. The van der Waals surface area contributed by atoms with E-state index in [4.69, 9.17) is 9.52 Å². The minimum Gasteiger partial charge on any atom is -0.872 e. The van der Waals surface area contributed by atoms with Crippen molar-refractivity contribution in [2.24, 2.45) is 0 Å². The van der Waals surface area contributed by atoms with E-state index in [0.717, 1.165) is 5.39 Å². The van der Waals surface area contributed by atoms with Gasteiger partial charge in [0.25, 0.3) is 0 Å². The fourth-order valence-corrected chi connectivity index (χ4v) is 3.32. The Hall–Kier alpha value is -3.65. The zero-order valence-electron chi connectivity index (χ0n) is 13.6. The molecule has 4 aromatic rings. The number of hydrogen-bond donors (Lipinski definition) is 2. The van der Waals surface area contributed by atoms with Crippen LogP contribution in [-0.2, 0) is 0 Å². The summed E-state index contributed by atoms with van der Waals surface area (Å²) in [5, 5.41) is 26.5. The molecule has 0 unspecified atom stereocenters. The molecule has 134 valence electrons. The highest BCUT2D eigenvalue weighted by Crippen LogP contribution is 2.28. The second-order valence-electron chi connectivity index (χ2n) is 5.66. The number of carboxylic acid groups (broad SMARTS) is 1. The number of carboxylic acids is 1. The fourth-order valence-electron chi connectivity index (χ4n) is 2.59. The normalized spacial score (nSPS) is 10.8. The van der Waals surface area contributed by atoms with Crippen molar-refractivity contribution < 1.29 is 19.4 Å². The number of aromatic carboxylic acids is 1. The lowest BCUT2D eigenvalue weighted by atomic mass is 10.1. The lowest BCUT2D eigenvalue weighted by molar-refractivity contribution is -0.268. The number of thiazole rings is 1. The highest BCUT2D eigenvalue weighted by Gasteiger charge is 2.12. The van der Waals surface area contributed by atoms with Gasteiger partial charge in [-0.2, -0.15) is 0 Å². The molecule has 2 heterocycles. The molecule has 2 aromatic carbocycles. The molecule has 0 fully saturated rings. The minimum absolute atomic E-state index is 0.327.